The van der Waals surface area contributed by atoms with E-state index < -0.39 is 0 Å². The van der Waals surface area contributed by atoms with Crippen molar-refractivity contribution in [2.75, 3.05) is 20.0 Å². The van der Waals surface area contributed by atoms with Crippen molar-refractivity contribution < 1.29 is 14.6 Å². The summed E-state index contributed by atoms with van der Waals surface area (Å²) in [6, 6.07) is 4.50. The Morgan fingerprint density at radius 2 is 1.82 bits per heavy atom. The van der Waals surface area contributed by atoms with Crippen LogP contribution < -0.4 is 15.2 Å². The van der Waals surface area contributed by atoms with Crippen LogP contribution in [-0.2, 0) is 0 Å². The summed E-state index contributed by atoms with van der Waals surface area (Å²) in [4.78, 5) is 10.7. The van der Waals surface area contributed by atoms with Gasteiger partial charge in [0.25, 0.3) is 0 Å². The van der Waals surface area contributed by atoms with Gasteiger partial charge >= 0.3 is 0 Å². The van der Waals surface area contributed by atoms with Crippen LogP contribution >= 0.6 is 0 Å². The van der Waals surface area contributed by atoms with E-state index in [1.54, 1.807) is 6.07 Å². The van der Waals surface area contributed by atoms with Gasteiger partial charge in [-0.05, 0) is 17.7 Å². The third-order valence-corrected chi connectivity index (χ3v) is 3.03. The van der Waals surface area contributed by atoms with Crippen molar-refractivity contribution in [3.05, 3.63) is 41.0 Å². The Bertz CT molecular complexity index is 819. The summed E-state index contributed by atoms with van der Waals surface area (Å²) >= 11 is 0. The number of nitrogens with zero attached hydrogens (tertiary/aromatic N) is 3. The highest BCUT2D eigenvalue weighted by Crippen LogP contribution is 2.47. The summed E-state index contributed by atoms with van der Waals surface area (Å²) in [5, 5.41) is 9.68. The molecule has 1 aromatic carbocycles. The maximum atomic E-state index is 9.68. The van der Waals surface area contributed by atoms with Crippen LogP contribution in [-0.4, -0.2) is 24.3 Å². The van der Waals surface area contributed by atoms with Gasteiger partial charge in [0.2, 0.25) is 17.3 Å². The molecule has 2 rings (SSSR count). The molecule has 0 spiro atoms. The monoisotopic (exact) mass is 296 g/mol. The van der Waals surface area contributed by atoms with Gasteiger partial charge < -0.3 is 20.3 Å². The van der Waals surface area contributed by atoms with E-state index in [0.717, 1.165) is 0 Å². The second kappa shape index (κ2) is 5.90. The smallest absolute Gasteiger partial charge is 0.244 e. The average Bonchev–Trinajstić information content (AvgIpc) is 2.54. The Labute approximate surface area is 127 Å². The lowest BCUT2D eigenvalue weighted by molar-refractivity contribution is 0.373. The summed E-state index contributed by atoms with van der Waals surface area (Å²) in [7, 11) is 2.78. The molecule has 0 radical (unpaired) electrons. The zero-order valence-electron chi connectivity index (χ0n) is 11.9. The van der Waals surface area contributed by atoms with Crippen LogP contribution in [0.1, 0.15) is 0 Å². The van der Waals surface area contributed by atoms with Crippen molar-refractivity contribution in [1.82, 2.24) is 4.98 Å². The van der Waals surface area contributed by atoms with E-state index in [0.29, 0.717) is 11.1 Å². The van der Waals surface area contributed by atoms with E-state index in [1.165, 1.54) is 26.4 Å². The van der Waals surface area contributed by atoms with Gasteiger partial charge in [0.1, 0.15) is 5.82 Å². The molecule has 0 bridgehead atoms. The molecule has 0 aliphatic rings. The largest absolute Gasteiger partial charge is 0.504 e. The summed E-state index contributed by atoms with van der Waals surface area (Å²) in [6.45, 7) is 14.6. The number of nitrogen functional groups attached to an aromatic ring is 1. The first-order valence-electron chi connectivity index (χ1n) is 6.07. The van der Waals surface area contributed by atoms with Crippen molar-refractivity contribution in [1.29, 1.82) is 0 Å². The quantitative estimate of drug-likeness (QED) is 0.850. The maximum absolute atomic E-state index is 9.68. The summed E-state index contributed by atoms with van der Waals surface area (Å²) in [5.74, 6) is 0.191. The molecule has 7 nitrogen and oxygen atoms in total. The molecule has 110 valence electrons. The zero-order chi connectivity index (χ0) is 16.3. The van der Waals surface area contributed by atoms with Crippen LogP contribution in [0.25, 0.3) is 20.8 Å². The molecule has 0 aliphatic carbocycles. The Morgan fingerprint density at radius 1 is 1.14 bits per heavy atom. The molecule has 0 saturated heterocycles. The van der Waals surface area contributed by atoms with Crippen LogP contribution in [0.4, 0.5) is 17.2 Å². The lowest BCUT2D eigenvalue weighted by atomic mass is 10.0. The van der Waals surface area contributed by atoms with Gasteiger partial charge in [-0.15, -0.1) is 0 Å². The van der Waals surface area contributed by atoms with Crippen molar-refractivity contribution in [2.24, 2.45) is 0 Å². The fourth-order valence-electron chi connectivity index (χ4n) is 2.03. The number of benzene rings is 1. The first-order chi connectivity index (χ1) is 10.6. The number of rotatable bonds is 3. The molecule has 2 aromatic rings. The van der Waals surface area contributed by atoms with E-state index in [2.05, 4.69) is 14.7 Å². The number of phenolic OH excluding ortho intramolecular Hbond substituents is 1. The molecule has 0 atom stereocenters. The first kappa shape index (κ1) is 14.9. The van der Waals surface area contributed by atoms with Crippen molar-refractivity contribution >= 4 is 17.2 Å². The van der Waals surface area contributed by atoms with Gasteiger partial charge in [-0.2, -0.15) is 0 Å². The van der Waals surface area contributed by atoms with Crippen molar-refractivity contribution in [3.63, 3.8) is 0 Å². The molecule has 0 unspecified atom stereocenters. The normalized spacial score (nSPS) is 9.64. The first-order valence-corrected chi connectivity index (χ1v) is 6.07. The highest BCUT2D eigenvalue weighted by Gasteiger charge is 2.21. The molecule has 0 amide bonds. The molecule has 22 heavy (non-hydrogen) atoms. The second-order valence-electron chi connectivity index (χ2n) is 4.19. The summed E-state index contributed by atoms with van der Waals surface area (Å²) < 4.78 is 10.1. The number of nitrogens with two attached hydrogens (primary N) is 1. The minimum absolute atomic E-state index is 0.0266. The molecular formula is C15H12N4O3. The fourth-order valence-corrected chi connectivity index (χ4v) is 2.03. The zero-order valence-corrected chi connectivity index (χ0v) is 11.9. The molecule has 7 heteroatoms. The van der Waals surface area contributed by atoms with E-state index in [1.807, 2.05) is 0 Å². The SMILES string of the molecule is [C-]#[N+]c1c(N)nc(OC)c([N+]#[C-])c1-c1ccc(O)c(OC)c1. The number of aromatic hydroxyl groups is 1. The third kappa shape index (κ3) is 2.32. The van der Waals surface area contributed by atoms with E-state index in [4.69, 9.17) is 28.4 Å². The molecular weight excluding hydrogens is 284 g/mol. The number of ether oxygens (including phenoxy) is 2. The predicted octanol–water partition coefficient (Wildman–Crippen LogP) is 3.16. The van der Waals surface area contributed by atoms with Gasteiger partial charge in [0.05, 0.1) is 27.4 Å². The van der Waals surface area contributed by atoms with Crippen LogP contribution in [0, 0.1) is 13.1 Å². The number of hydrogen-bond donors (Lipinski definition) is 2. The van der Waals surface area contributed by atoms with Crippen LogP contribution in [0.15, 0.2) is 18.2 Å². The predicted molar refractivity (Wildman–Crippen MR) is 81.4 cm³/mol. The number of hydrogen-bond acceptors (Lipinski definition) is 5. The highest BCUT2D eigenvalue weighted by atomic mass is 16.5. The Balaban J connectivity index is 2.87. The molecule has 1 heterocycles. The highest BCUT2D eigenvalue weighted by molar-refractivity contribution is 5.96. The second-order valence-corrected chi connectivity index (χ2v) is 4.19. The maximum Gasteiger partial charge on any atom is 0.244 e. The number of phenols is 1. The van der Waals surface area contributed by atoms with E-state index in [9.17, 15) is 5.11 Å². The molecule has 1 aromatic heterocycles. The Hall–Kier alpha value is -3.45. The van der Waals surface area contributed by atoms with Crippen LogP contribution in [0.2, 0.25) is 0 Å². The number of pyridine rings is 1. The third-order valence-electron chi connectivity index (χ3n) is 3.03. The molecule has 0 saturated carbocycles. The lowest BCUT2D eigenvalue weighted by Gasteiger charge is -2.13. The Kier molecular flexibility index (Phi) is 4.01. The molecule has 3 N–H and O–H groups in total. The number of anilines is 1. The Morgan fingerprint density at radius 3 is 2.36 bits per heavy atom. The van der Waals surface area contributed by atoms with Gasteiger partial charge in [-0.1, -0.05) is 6.07 Å². The van der Waals surface area contributed by atoms with Gasteiger partial charge in [0, 0.05) is 5.56 Å². The fraction of sp³-hybridized carbons (Fsp3) is 0.133. The molecule has 0 fully saturated rings. The van der Waals surface area contributed by atoms with Crippen molar-refractivity contribution in [2.45, 2.75) is 0 Å². The summed E-state index contributed by atoms with van der Waals surface area (Å²) in [6.07, 6.45) is 0. The molecule has 0 aliphatic heterocycles. The van der Waals surface area contributed by atoms with E-state index >= 15 is 0 Å². The topological polar surface area (TPSA) is 86.3 Å². The number of aromatic nitrogens is 1. The van der Waals surface area contributed by atoms with Gasteiger partial charge in [-0.3, -0.25) is 0 Å². The number of methoxy groups -OCH3 is 2. The minimum Gasteiger partial charge on any atom is -0.504 e. The van der Waals surface area contributed by atoms with Crippen LogP contribution in [0.3, 0.4) is 0 Å². The van der Waals surface area contributed by atoms with Gasteiger partial charge in [0.15, 0.2) is 11.5 Å². The van der Waals surface area contributed by atoms with E-state index in [-0.39, 0.29) is 34.6 Å². The minimum atomic E-state index is -0.0473. The standard InChI is InChI=1S/C15H12N4O3/c1-17-12-11(8-5-6-9(20)10(7-8)21-3)13(18-2)15(22-4)19-14(12)16/h5-7,20H,3-4H3,(H2,16,19). The average molecular weight is 296 g/mol. The lowest BCUT2D eigenvalue weighted by Crippen LogP contribution is -1.97. The summed E-state index contributed by atoms with van der Waals surface area (Å²) in [5.41, 5.74) is 6.71. The van der Waals surface area contributed by atoms with Crippen LogP contribution in [0.5, 0.6) is 17.4 Å². The van der Waals surface area contributed by atoms with Gasteiger partial charge in [-0.25, -0.2) is 14.7 Å². The van der Waals surface area contributed by atoms with Crippen molar-refractivity contribution in [3.8, 4) is 28.5 Å².